The molecule has 1 saturated heterocycles. The summed E-state index contributed by atoms with van der Waals surface area (Å²) in [6.45, 7) is 0.243. The van der Waals surface area contributed by atoms with E-state index < -0.39 is 59.7 Å². The molecule has 4 unspecified atom stereocenters. The molecule has 1 aliphatic rings. The molecule has 192 valence electrons. The van der Waals surface area contributed by atoms with Crippen molar-refractivity contribution in [3.8, 4) is 0 Å². The number of carboxylic acids is 2. The number of nitrogens with zero attached hydrogens (tertiary/aromatic N) is 1. The summed E-state index contributed by atoms with van der Waals surface area (Å²) in [5, 5.41) is 23.0. The van der Waals surface area contributed by atoms with Crippen LogP contribution in [0.3, 0.4) is 0 Å². The Morgan fingerprint density at radius 3 is 2.26 bits per heavy atom. The van der Waals surface area contributed by atoms with Crippen molar-refractivity contribution in [1.82, 2.24) is 15.5 Å². The molecule has 1 rings (SSSR count). The summed E-state index contributed by atoms with van der Waals surface area (Å²) in [6, 6.07) is -4.36. The van der Waals surface area contributed by atoms with E-state index in [0.29, 0.717) is 18.6 Å². The number of aliphatic carboxylic acids is 2. The van der Waals surface area contributed by atoms with Gasteiger partial charge in [-0.05, 0) is 44.1 Å². The second kappa shape index (κ2) is 14.4. The predicted octanol–water partition coefficient (Wildman–Crippen LogP) is -1.76. The Morgan fingerprint density at radius 2 is 1.71 bits per heavy atom. The second-order valence-electron chi connectivity index (χ2n) is 7.98. The number of carbonyl (C=O) groups is 6. The van der Waals surface area contributed by atoms with E-state index in [4.69, 9.17) is 16.6 Å². The van der Waals surface area contributed by atoms with Crippen LogP contribution in [0.1, 0.15) is 44.9 Å². The van der Waals surface area contributed by atoms with Crippen molar-refractivity contribution in [3.63, 3.8) is 0 Å². The highest BCUT2D eigenvalue weighted by atomic mass is 32.2. The lowest BCUT2D eigenvalue weighted by Crippen LogP contribution is -2.57. The Hall–Kier alpha value is -2.87. The van der Waals surface area contributed by atoms with Crippen LogP contribution < -0.4 is 22.1 Å². The van der Waals surface area contributed by atoms with E-state index in [1.165, 1.54) is 16.7 Å². The largest absolute Gasteiger partial charge is 0.481 e. The van der Waals surface area contributed by atoms with Crippen LogP contribution in [0.2, 0.25) is 0 Å². The molecule has 0 spiro atoms. The third-order valence-corrected chi connectivity index (χ3v) is 6.01. The molecule has 34 heavy (non-hydrogen) atoms. The van der Waals surface area contributed by atoms with Gasteiger partial charge in [0, 0.05) is 19.4 Å². The highest BCUT2D eigenvalue weighted by molar-refractivity contribution is 7.98. The number of hydrogen-bond acceptors (Lipinski definition) is 8. The third-order valence-electron chi connectivity index (χ3n) is 5.36. The third kappa shape index (κ3) is 9.55. The molecule has 4 atom stereocenters. The van der Waals surface area contributed by atoms with Gasteiger partial charge in [0.25, 0.3) is 0 Å². The summed E-state index contributed by atoms with van der Waals surface area (Å²) in [4.78, 5) is 72.9. The standard InChI is InChI=1S/C20H33N5O8S/c1-34-10-8-12(23-17(29)11(21)4-7-16(27)28)19(31)25-9-2-3-14(25)18(30)24-13(20(32)33)5-6-15(22)26/h11-14H,2-10,21H2,1H3,(H2,22,26)(H,23,29)(H,24,30)(H,27,28)(H,32,33). The number of rotatable bonds is 15. The highest BCUT2D eigenvalue weighted by Gasteiger charge is 2.39. The first-order valence-corrected chi connectivity index (χ1v) is 12.3. The van der Waals surface area contributed by atoms with Gasteiger partial charge in [-0.25, -0.2) is 4.79 Å². The summed E-state index contributed by atoms with van der Waals surface area (Å²) >= 11 is 1.45. The van der Waals surface area contributed by atoms with Crippen molar-refractivity contribution in [2.75, 3.05) is 18.6 Å². The first kappa shape index (κ1) is 29.2. The van der Waals surface area contributed by atoms with Gasteiger partial charge in [0.15, 0.2) is 0 Å². The van der Waals surface area contributed by atoms with Crippen molar-refractivity contribution < 1.29 is 39.0 Å². The lowest BCUT2D eigenvalue weighted by molar-refractivity contribution is -0.145. The van der Waals surface area contributed by atoms with Crippen LogP contribution >= 0.6 is 11.8 Å². The van der Waals surface area contributed by atoms with Crippen molar-refractivity contribution >= 4 is 47.3 Å². The zero-order valence-corrected chi connectivity index (χ0v) is 19.8. The highest BCUT2D eigenvalue weighted by Crippen LogP contribution is 2.20. The van der Waals surface area contributed by atoms with Crippen LogP contribution in [0.4, 0.5) is 0 Å². The number of thioether (sulfide) groups is 1. The van der Waals surface area contributed by atoms with Gasteiger partial charge in [0.1, 0.15) is 18.1 Å². The van der Waals surface area contributed by atoms with Crippen molar-refractivity contribution in [3.05, 3.63) is 0 Å². The van der Waals surface area contributed by atoms with Crippen LogP contribution in [-0.2, 0) is 28.8 Å². The minimum Gasteiger partial charge on any atom is -0.481 e. The maximum absolute atomic E-state index is 13.2. The minimum absolute atomic E-state index is 0.0960. The monoisotopic (exact) mass is 503 g/mol. The molecule has 1 fully saturated rings. The predicted molar refractivity (Wildman–Crippen MR) is 123 cm³/mol. The minimum atomic E-state index is -1.34. The van der Waals surface area contributed by atoms with Gasteiger partial charge in [0.05, 0.1) is 6.04 Å². The maximum atomic E-state index is 13.2. The lowest BCUT2D eigenvalue weighted by atomic mass is 10.1. The summed E-state index contributed by atoms with van der Waals surface area (Å²) < 4.78 is 0. The van der Waals surface area contributed by atoms with E-state index in [1.807, 2.05) is 6.26 Å². The number of amides is 4. The van der Waals surface area contributed by atoms with Crippen LogP contribution in [0.5, 0.6) is 0 Å². The quantitative estimate of drug-likeness (QED) is 0.148. The molecule has 4 amide bonds. The van der Waals surface area contributed by atoms with Gasteiger partial charge in [-0.2, -0.15) is 11.8 Å². The number of likely N-dealkylation sites (tertiary alicyclic amines) is 1. The molecule has 0 bridgehead atoms. The average molecular weight is 504 g/mol. The molecule has 8 N–H and O–H groups in total. The van der Waals surface area contributed by atoms with Crippen LogP contribution in [-0.4, -0.2) is 93.4 Å². The normalized spacial score (nSPS) is 17.9. The first-order chi connectivity index (χ1) is 16.0. The van der Waals surface area contributed by atoms with Gasteiger partial charge >= 0.3 is 11.9 Å². The Morgan fingerprint density at radius 1 is 1.03 bits per heavy atom. The van der Waals surface area contributed by atoms with Crippen LogP contribution in [0, 0.1) is 0 Å². The average Bonchev–Trinajstić information content (AvgIpc) is 3.26. The van der Waals surface area contributed by atoms with E-state index in [0.717, 1.165) is 0 Å². The van der Waals surface area contributed by atoms with Gasteiger partial charge < -0.3 is 37.2 Å². The zero-order chi connectivity index (χ0) is 25.8. The second-order valence-corrected chi connectivity index (χ2v) is 8.96. The summed E-state index contributed by atoms with van der Waals surface area (Å²) in [5.41, 5.74) is 10.8. The fourth-order valence-electron chi connectivity index (χ4n) is 3.50. The maximum Gasteiger partial charge on any atom is 0.326 e. The molecule has 14 heteroatoms. The fourth-order valence-corrected chi connectivity index (χ4v) is 3.97. The Kier molecular flexibility index (Phi) is 12.4. The van der Waals surface area contributed by atoms with Crippen molar-refractivity contribution in [2.45, 2.75) is 69.1 Å². The smallest absolute Gasteiger partial charge is 0.326 e. The van der Waals surface area contributed by atoms with E-state index in [2.05, 4.69) is 10.6 Å². The number of carbonyl (C=O) groups excluding carboxylic acids is 4. The molecular formula is C20H33N5O8S. The Balaban J connectivity index is 2.89. The molecule has 0 aromatic rings. The summed E-state index contributed by atoms with van der Waals surface area (Å²) in [6.07, 6.45) is 2.09. The van der Waals surface area contributed by atoms with E-state index >= 15 is 0 Å². The molecule has 0 aromatic carbocycles. The zero-order valence-electron chi connectivity index (χ0n) is 19.0. The molecule has 0 aromatic heterocycles. The van der Waals surface area contributed by atoms with Gasteiger partial charge in [0.2, 0.25) is 23.6 Å². The number of hydrogen-bond donors (Lipinski definition) is 6. The molecule has 13 nitrogen and oxygen atoms in total. The molecule has 1 heterocycles. The topological polar surface area (TPSA) is 222 Å². The van der Waals surface area contributed by atoms with Crippen molar-refractivity contribution in [2.24, 2.45) is 11.5 Å². The van der Waals surface area contributed by atoms with Gasteiger partial charge in [-0.3, -0.25) is 24.0 Å². The molecule has 0 aliphatic carbocycles. The summed E-state index contributed by atoms with van der Waals surface area (Å²) in [7, 11) is 0. The van der Waals surface area contributed by atoms with E-state index in [1.54, 1.807) is 0 Å². The molecule has 0 saturated carbocycles. The number of nitrogens with one attached hydrogen (secondary N) is 2. The SMILES string of the molecule is CSCCC(NC(=O)C(N)CCC(=O)O)C(=O)N1CCCC1C(=O)NC(CCC(N)=O)C(=O)O. The number of primary amides is 1. The van der Waals surface area contributed by atoms with Gasteiger partial charge in [-0.15, -0.1) is 0 Å². The van der Waals surface area contributed by atoms with Crippen LogP contribution in [0.15, 0.2) is 0 Å². The first-order valence-electron chi connectivity index (χ1n) is 10.9. The fraction of sp³-hybridized carbons (Fsp3) is 0.700. The van der Waals surface area contributed by atoms with Crippen molar-refractivity contribution in [1.29, 1.82) is 0 Å². The van der Waals surface area contributed by atoms with E-state index in [-0.39, 0.29) is 38.6 Å². The van der Waals surface area contributed by atoms with Crippen LogP contribution in [0.25, 0.3) is 0 Å². The van der Waals surface area contributed by atoms with Gasteiger partial charge in [-0.1, -0.05) is 0 Å². The number of carboxylic acid groups (broad SMARTS) is 2. The molecule has 0 radical (unpaired) electrons. The molecular weight excluding hydrogens is 470 g/mol. The Labute approximate surface area is 201 Å². The lowest BCUT2D eigenvalue weighted by Gasteiger charge is -2.30. The molecule has 1 aliphatic heterocycles. The number of nitrogens with two attached hydrogens (primary N) is 2. The van der Waals surface area contributed by atoms with E-state index in [9.17, 15) is 33.9 Å². The Bertz CT molecular complexity index is 780. The summed E-state index contributed by atoms with van der Waals surface area (Å²) in [5.74, 6) is -4.44.